The van der Waals surface area contributed by atoms with Gasteiger partial charge in [-0.1, -0.05) is 35.9 Å². The molecule has 0 radical (unpaired) electrons. The number of carbonyl (C=O) groups is 1. The van der Waals surface area contributed by atoms with Gasteiger partial charge in [-0.15, -0.1) is 10.2 Å². The first-order valence-corrected chi connectivity index (χ1v) is 10.4. The van der Waals surface area contributed by atoms with Crippen LogP contribution in [-0.2, 0) is 11.3 Å². The number of hydrogen-bond donors (Lipinski definition) is 1. The minimum Gasteiger partial charge on any atom is -0.343 e. The maximum Gasteiger partial charge on any atom is 0.244 e. The monoisotopic (exact) mass is 434 g/mol. The molecule has 0 spiro atoms. The van der Waals surface area contributed by atoms with E-state index in [0.717, 1.165) is 28.2 Å². The number of amides is 1. The number of halogens is 1. The van der Waals surface area contributed by atoms with Crippen LogP contribution < -0.4 is 5.32 Å². The van der Waals surface area contributed by atoms with Crippen LogP contribution in [0.2, 0.25) is 5.02 Å². The summed E-state index contributed by atoms with van der Waals surface area (Å²) < 4.78 is 3.76. The molecule has 0 aliphatic heterocycles. The quantitative estimate of drug-likeness (QED) is 0.463. The molecule has 31 heavy (non-hydrogen) atoms. The lowest BCUT2D eigenvalue weighted by atomic mass is 10.1. The van der Waals surface area contributed by atoms with Gasteiger partial charge in [0.15, 0.2) is 11.5 Å². The van der Waals surface area contributed by atoms with Crippen molar-refractivity contribution in [2.24, 2.45) is 0 Å². The summed E-state index contributed by atoms with van der Waals surface area (Å²) in [6.07, 6.45) is 5.20. The molecule has 0 aliphatic rings. The molecule has 1 N–H and O–H groups in total. The van der Waals surface area contributed by atoms with Crippen LogP contribution in [-0.4, -0.2) is 30.3 Å². The van der Waals surface area contributed by atoms with Crippen LogP contribution in [0.1, 0.15) is 41.3 Å². The van der Waals surface area contributed by atoms with Crippen molar-refractivity contribution in [1.82, 2.24) is 29.7 Å². The van der Waals surface area contributed by atoms with E-state index in [2.05, 4.69) is 20.6 Å². The van der Waals surface area contributed by atoms with Crippen LogP contribution in [0.4, 0.5) is 0 Å². The van der Waals surface area contributed by atoms with Gasteiger partial charge in [-0.3, -0.25) is 13.9 Å². The summed E-state index contributed by atoms with van der Waals surface area (Å²) in [5.41, 5.74) is 4.48. The minimum atomic E-state index is -0.292. The van der Waals surface area contributed by atoms with Gasteiger partial charge in [-0.25, -0.2) is 0 Å². The molecule has 0 bridgehead atoms. The average Bonchev–Trinajstić information content (AvgIpc) is 3.29. The predicted octanol–water partition coefficient (Wildman–Crippen LogP) is 4.13. The molecule has 3 heterocycles. The smallest absolute Gasteiger partial charge is 0.244 e. The molecule has 0 aliphatic carbocycles. The Kier molecular flexibility index (Phi) is 5.86. The molecule has 7 nitrogen and oxygen atoms in total. The fourth-order valence-electron chi connectivity index (χ4n) is 3.53. The summed E-state index contributed by atoms with van der Waals surface area (Å²) in [5.74, 6) is 0.468. The normalized spacial score (nSPS) is 12.5. The average molecular weight is 435 g/mol. The van der Waals surface area contributed by atoms with Crippen molar-refractivity contribution in [1.29, 1.82) is 0 Å². The highest BCUT2D eigenvalue weighted by Crippen LogP contribution is 2.20. The standard InChI is InChI=1S/C23H23ClN6O/c1-15-19(17(3)30(28-15)14-18-8-4-5-9-20(18)24)11-12-22(31)25-16(2)23-27-26-21-10-6-7-13-29(21)23/h4-13,16H,14H2,1-3H3,(H,25,31)/b12-11+. The van der Waals surface area contributed by atoms with E-state index in [4.69, 9.17) is 11.6 Å². The number of nitrogens with zero attached hydrogens (tertiary/aromatic N) is 5. The van der Waals surface area contributed by atoms with Crippen molar-refractivity contribution in [3.63, 3.8) is 0 Å². The lowest BCUT2D eigenvalue weighted by Crippen LogP contribution is -2.26. The third-order valence-corrected chi connectivity index (χ3v) is 5.57. The SMILES string of the molecule is Cc1nn(Cc2ccccc2Cl)c(C)c1/C=C/C(=O)NC(C)c1nnc2ccccn12. The largest absolute Gasteiger partial charge is 0.343 e. The third-order valence-electron chi connectivity index (χ3n) is 5.20. The number of aryl methyl sites for hydroxylation is 1. The Bertz CT molecular complexity index is 1270. The molecule has 4 rings (SSSR count). The zero-order valence-corrected chi connectivity index (χ0v) is 18.3. The number of nitrogens with one attached hydrogen (secondary N) is 1. The van der Waals surface area contributed by atoms with Crippen molar-refractivity contribution in [3.05, 3.63) is 88.1 Å². The van der Waals surface area contributed by atoms with Crippen LogP contribution in [0.15, 0.2) is 54.7 Å². The molecule has 158 valence electrons. The molecule has 4 aromatic rings. The van der Waals surface area contributed by atoms with Crippen LogP contribution >= 0.6 is 11.6 Å². The Morgan fingerprint density at radius 2 is 1.94 bits per heavy atom. The number of carbonyl (C=O) groups excluding carboxylic acids is 1. The highest BCUT2D eigenvalue weighted by molar-refractivity contribution is 6.31. The van der Waals surface area contributed by atoms with Gasteiger partial charge in [0, 0.05) is 28.6 Å². The summed E-state index contributed by atoms with van der Waals surface area (Å²) in [4.78, 5) is 12.5. The molecule has 3 aromatic heterocycles. The van der Waals surface area contributed by atoms with Crippen LogP contribution in [0, 0.1) is 13.8 Å². The lowest BCUT2D eigenvalue weighted by molar-refractivity contribution is -0.117. The number of hydrogen-bond acceptors (Lipinski definition) is 4. The topological polar surface area (TPSA) is 77.1 Å². The molecular weight excluding hydrogens is 412 g/mol. The third kappa shape index (κ3) is 4.36. The van der Waals surface area contributed by atoms with E-state index in [1.54, 1.807) is 6.08 Å². The molecule has 8 heteroatoms. The lowest BCUT2D eigenvalue weighted by Gasteiger charge is -2.10. The molecule has 1 unspecified atom stereocenters. The van der Waals surface area contributed by atoms with E-state index in [1.807, 2.05) is 78.5 Å². The first-order chi connectivity index (χ1) is 14.9. The van der Waals surface area contributed by atoms with Gasteiger partial charge < -0.3 is 5.32 Å². The summed E-state index contributed by atoms with van der Waals surface area (Å²) in [6, 6.07) is 13.1. The predicted molar refractivity (Wildman–Crippen MR) is 121 cm³/mol. The van der Waals surface area contributed by atoms with E-state index >= 15 is 0 Å². The van der Waals surface area contributed by atoms with E-state index < -0.39 is 0 Å². The number of benzene rings is 1. The molecule has 0 fully saturated rings. The number of aromatic nitrogens is 5. The second kappa shape index (κ2) is 8.73. The highest BCUT2D eigenvalue weighted by atomic mass is 35.5. The van der Waals surface area contributed by atoms with Gasteiger partial charge >= 0.3 is 0 Å². The van der Waals surface area contributed by atoms with Gasteiger partial charge in [0.05, 0.1) is 18.3 Å². The Hall–Kier alpha value is -3.45. The summed E-state index contributed by atoms with van der Waals surface area (Å²) in [5, 5.41) is 16.6. The van der Waals surface area contributed by atoms with Crippen molar-refractivity contribution >= 4 is 29.2 Å². The van der Waals surface area contributed by atoms with Gasteiger partial charge in [0.2, 0.25) is 5.91 Å². The number of rotatable bonds is 6. The molecular formula is C23H23ClN6O. The van der Waals surface area contributed by atoms with Crippen molar-refractivity contribution in [3.8, 4) is 0 Å². The van der Waals surface area contributed by atoms with Crippen molar-refractivity contribution in [2.45, 2.75) is 33.4 Å². The Morgan fingerprint density at radius 3 is 2.74 bits per heavy atom. The van der Waals surface area contributed by atoms with Gasteiger partial charge in [-0.05, 0) is 50.6 Å². The Labute approximate surface area is 185 Å². The number of fused-ring (bicyclic) bond motifs is 1. The Balaban J connectivity index is 1.47. The zero-order chi connectivity index (χ0) is 22.0. The fraction of sp³-hybridized carbons (Fsp3) is 0.217. The maximum atomic E-state index is 12.5. The van der Waals surface area contributed by atoms with Gasteiger partial charge in [-0.2, -0.15) is 5.10 Å². The Morgan fingerprint density at radius 1 is 1.16 bits per heavy atom. The zero-order valence-electron chi connectivity index (χ0n) is 17.6. The highest BCUT2D eigenvalue weighted by Gasteiger charge is 2.15. The number of pyridine rings is 1. The second-order valence-corrected chi connectivity index (χ2v) is 7.79. The van der Waals surface area contributed by atoms with E-state index in [0.29, 0.717) is 17.4 Å². The van der Waals surface area contributed by atoms with Crippen molar-refractivity contribution < 1.29 is 4.79 Å². The van der Waals surface area contributed by atoms with Crippen LogP contribution in [0.25, 0.3) is 11.7 Å². The van der Waals surface area contributed by atoms with Gasteiger partial charge in [0.25, 0.3) is 0 Å². The summed E-state index contributed by atoms with van der Waals surface area (Å²) in [7, 11) is 0. The van der Waals surface area contributed by atoms with Crippen molar-refractivity contribution in [2.75, 3.05) is 0 Å². The van der Waals surface area contributed by atoms with Gasteiger partial charge in [0.1, 0.15) is 0 Å². The van der Waals surface area contributed by atoms with E-state index in [9.17, 15) is 4.79 Å². The fourth-order valence-corrected chi connectivity index (χ4v) is 3.73. The van der Waals surface area contributed by atoms with E-state index in [-0.39, 0.29) is 11.9 Å². The molecule has 1 atom stereocenters. The molecule has 0 saturated carbocycles. The van der Waals surface area contributed by atoms with Crippen LogP contribution in [0.5, 0.6) is 0 Å². The van der Waals surface area contributed by atoms with Crippen LogP contribution in [0.3, 0.4) is 0 Å². The molecule has 0 saturated heterocycles. The summed E-state index contributed by atoms with van der Waals surface area (Å²) >= 11 is 6.28. The molecule has 1 amide bonds. The van der Waals surface area contributed by atoms with E-state index in [1.165, 1.54) is 6.08 Å². The first-order valence-electron chi connectivity index (χ1n) is 9.99. The first kappa shape index (κ1) is 20.8. The summed E-state index contributed by atoms with van der Waals surface area (Å²) in [6.45, 7) is 6.37. The molecule has 1 aromatic carbocycles. The minimum absolute atomic E-state index is 0.210. The maximum absolute atomic E-state index is 12.5. The second-order valence-electron chi connectivity index (χ2n) is 7.38.